The minimum absolute atomic E-state index is 0.505. The zero-order valence-corrected chi connectivity index (χ0v) is 14.2. The molecule has 1 aromatic heterocycles. The molecule has 0 radical (unpaired) electrons. The number of aromatic nitrogens is 4. The fraction of sp³-hybridized carbons (Fsp3) is 0.500. The van der Waals surface area contributed by atoms with E-state index in [1.54, 1.807) is 4.68 Å². The molecule has 0 unspecified atom stereocenters. The normalized spacial score (nSPS) is 10.7. The Morgan fingerprint density at radius 1 is 1.18 bits per heavy atom. The van der Waals surface area contributed by atoms with Crippen molar-refractivity contribution in [3.8, 4) is 5.75 Å². The Labute approximate surface area is 139 Å². The Morgan fingerprint density at radius 3 is 2.55 bits per heavy atom. The third-order valence-electron chi connectivity index (χ3n) is 2.93. The van der Waals surface area contributed by atoms with Crippen LogP contribution in [-0.2, 0) is 13.1 Å². The third-order valence-corrected chi connectivity index (χ3v) is 3.49. The molecule has 0 fully saturated rings. The Hall–Kier alpha value is -1.53. The quantitative estimate of drug-likeness (QED) is 0.789. The number of hydrogen-bond donors (Lipinski definition) is 1. The topological polar surface area (TPSA) is 64.9 Å². The summed E-state index contributed by atoms with van der Waals surface area (Å²) in [4.78, 5) is 0. The Kier molecular flexibility index (Phi) is 6.27. The molecule has 2 rings (SSSR count). The first-order valence-corrected chi connectivity index (χ1v) is 8.02. The predicted molar refractivity (Wildman–Crippen MR) is 87.7 cm³/mol. The largest absolute Gasteiger partial charge is 0.490 e. The molecule has 0 bridgehead atoms. The maximum absolute atomic E-state index is 6.23. The summed E-state index contributed by atoms with van der Waals surface area (Å²) in [5, 5.41) is 15.7. The highest BCUT2D eigenvalue weighted by atomic mass is 35.5. The van der Waals surface area contributed by atoms with Crippen LogP contribution in [0.25, 0.3) is 0 Å². The van der Waals surface area contributed by atoms with Gasteiger partial charge in [0.05, 0.1) is 16.7 Å². The van der Waals surface area contributed by atoms with Crippen molar-refractivity contribution in [2.24, 2.45) is 0 Å². The Morgan fingerprint density at radius 2 is 1.91 bits per heavy atom. The van der Waals surface area contributed by atoms with E-state index in [1.165, 1.54) is 0 Å². The minimum atomic E-state index is 0.505. The second-order valence-corrected chi connectivity index (χ2v) is 5.63. The van der Waals surface area contributed by atoms with Gasteiger partial charge in [-0.25, -0.2) is 4.68 Å². The van der Waals surface area contributed by atoms with E-state index in [2.05, 4.69) is 27.8 Å². The molecule has 0 saturated carbocycles. The zero-order chi connectivity index (χ0) is 15.9. The molecule has 2 aromatic rings. The number of nitrogens with zero attached hydrogens (tertiary/aromatic N) is 4. The van der Waals surface area contributed by atoms with E-state index < -0.39 is 0 Å². The van der Waals surface area contributed by atoms with Gasteiger partial charge >= 0.3 is 0 Å². The summed E-state index contributed by atoms with van der Waals surface area (Å²) < 4.78 is 7.28. The van der Waals surface area contributed by atoms with Crippen LogP contribution >= 0.6 is 23.2 Å². The van der Waals surface area contributed by atoms with Crippen molar-refractivity contribution in [1.29, 1.82) is 0 Å². The average molecular weight is 344 g/mol. The van der Waals surface area contributed by atoms with E-state index in [9.17, 15) is 0 Å². The highest BCUT2D eigenvalue weighted by molar-refractivity contribution is 6.37. The first kappa shape index (κ1) is 16.8. The molecular formula is C14H19Cl2N5O. The van der Waals surface area contributed by atoms with E-state index in [0.29, 0.717) is 34.9 Å². The predicted octanol–water partition coefficient (Wildman–Crippen LogP) is 3.79. The summed E-state index contributed by atoms with van der Waals surface area (Å²) in [5.74, 6) is 1.16. The molecule has 0 aliphatic heterocycles. The number of tetrazole rings is 1. The number of anilines is 1. The van der Waals surface area contributed by atoms with Crippen LogP contribution in [0.2, 0.25) is 10.0 Å². The molecule has 0 spiro atoms. The molecule has 0 aliphatic carbocycles. The fourth-order valence-electron chi connectivity index (χ4n) is 1.93. The maximum atomic E-state index is 6.23. The number of nitrogens with one attached hydrogen (secondary N) is 1. The molecule has 0 saturated heterocycles. The van der Waals surface area contributed by atoms with Gasteiger partial charge in [-0.1, -0.05) is 42.1 Å². The molecule has 8 heteroatoms. The van der Waals surface area contributed by atoms with Gasteiger partial charge in [-0.3, -0.25) is 0 Å². The van der Waals surface area contributed by atoms with Gasteiger partial charge in [0.25, 0.3) is 0 Å². The van der Waals surface area contributed by atoms with E-state index >= 15 is 0 Å². The monoisotopic (exact) mass is 343 g/mol. The van der Waals surface area contributed by atoms with Crippen molar-refractivity contribution >= 4 is 29.2 Å². The molecule has 1 heterocycles. The van der Waals surface area contributed by atoms with Crippen molar-refractivity contribution in [1.82, 2.24) is 20.2 Å². The highest BCUT2D eigenvalue weighted by Gasteiger charge is 2.11. The molecule has 0 aliphatic rings. The standard InChI is InChI=1S/C14H19Cl2N5O/c1-3-5-21-14(18-19-20-21)17-9-10-7-11(15)13(12(16)8-10)22-6-4-2/h7-8H,3-6,9H2,1-2H3,(H,17,18,20). The molecule has 120 valence electrons. The van der Waals surface area contributed by atoms with Crippen LogP contribution < -0.4 is 10.1 Å². The lowest BCUT2D eigenvalue weighted by Gasteiger charge is -2.12. The second-order valence-electron chi connectivity index (χ2n) is 4.82. The molecule has 22 heavy (non-hydrogen) atoms. The van der Waals surface area contributed by atoms with Crippen LogP contribution in [0.15, 0.2) is 12.1 Å². The van der Waals surface area contributed by atoms with Crippen LogP contribution in [0.3, 0.4) is 0 Å². The van der Waals surface area contributed by atoms with E-state index in [-0.39, 0.29) is 0 Å². The SMILES string of the molecule is CCCOc1c(Cl)cc(CNc2nnnn2CCC)cc1Cl. The van der Waals surface area contributed by atoms with Crippen LogP contribution in [0.5, 0.6) is 5.75 Å². The van der Waals surface area contributed by atoms with Crippen LogP contribution in [0.4, 0.5) is 5.95 Å². The lowest BCUT2D eigenvalue weighted by Crippen LogP contribution is -2.09. The summed E-state index contributed by atoms with van der Waals surface area (Å²) in [6.45, 7) is 5.97. The number of benzene rings is 1. The van der Waals surface area contributed by atoms with Crippen molar-refractivity contribution < 1.29 is 4.74 Å². The molecular weight excluding hydrogens is 325 g/mol. The van der Waals surface area contributed by atoms with Gasteiger partial charge in [-0.15, -0.1) is 0 Å². The number of aryl methyl sites for hydroxylation is 1. The lowest BCUT2D eigenvalue weighted by atomic mass is 10.2. The van der Waals surface area contributed by atoms with Crippen molar-refractivity contribution in [3.63, 3.8) is 0 Å². The molecule has 1 N–H and O–H groups in total. The van der Waals surface area contributed by atoms with Gasteiger partial charge < -0.3 is 10.1 Å². The summed E-state index contributed by atoms with van der Waals surface area (Å²) in [6.07, 6.45) is 1.86. The van der Waals surface area contributed by atoms with E-state index in [4.69, 9.17) is 27.9 Å². The average Bonchev–Trinajstić information content (AvgIpc) is 2.92. The maximum Gasteiger partial charge on any atom is 0.243 e. The van der Waals surface area contributed by atoms with Gasteiger partial charge in [0.1, 0.15) is 0 Å². The smallest absolute Gasteiger partial charge is 0.243 e. The molecule has 6 nitrogen and oxygen atoms in total. The summed E-state index contributed by atoms with van der Waals surface area (Å²) in [7, 11) is 0. The van der Waals surface area contributed by atoms with E-state index in [0.717, 1.165) is 24.9 Å². The van der Waals surface area contributed by atoms with Crippen molar-refractivity contribution in [2.45, 2.75) is 39.8 Å². The molecule has 0 amide bonds. The number of halogens is 2. The Balaban J connectivity index is 2.05. The highest BCUT2D eigenvalue weighted by Crippen LogP contribution is 2.34. The van der Waals surface area contributed by atoms with Crippen molar-refractivity contribution in [3.05, 3.63) is 27.7 Å². The third kappa shape index (κ3) is 4.24. The number of rotatable bonds is 8. The zero-order valence-electron chi connectivity index (χ0n) is 12.6. The number of hydrogen-bond acceptors (Lipinski definition) is 5. The Bertz CT molecular complexity index is 594. The first-order chi connectivity index (χ1) is 10.7. The van der Waals surface area contributed by atoms with E-state index in [1.807, 2.05) is 19.1 Å². The summed E-state index contributed by atoms with van der Waals surface area (Å²) in [6, 6.07) is 3.67. The van der Waals surface area contributed by atoms with Crippen molar-refractivity contribution in [2.75, 3.05) is 11.9 Å². The van der Waals surface area contributed by atoms with Crippen LogP contribution in [-0.4, -0.2) is 26.8 Å². The molecule has 0 atom stereocenters. The van der Waals surface area contributed by atoms with Crippen LogP contribution in [0, 0.1) is 0 Å². The second kappa shape index (κ2) is 8.19. The van der Waals surface area contributed by atoms with Gasteiger partial charge in [0, 0.05) is 13.1 Å². The minimum Gasteiger partial charge on any atom is -0.490 e. The first-order valence-electron chi connectivity index (χ1n) is 7.26. The summed E-state index contributed by atoms with van der Waals surface area (Å²) in [5.41, 5.74) is 0.935. The lowest BCUT2D eigenvalue weighted by molar-refractivity contribution is 0.318. The van der Waals surface area contributed by atoms with Crippen LogP contribution in [0.1, 0.15) is 32.3 Å². The van der Waals surface area contributed by atoms with Gasteiger partial charge in [-0.05, 0) is 41.0 Å². The van der Waals surface area contributed by atoms with Gasteiger partial charge in [0.15, 0.2) is 5.75 Å². The van der Waals surface area contributed by atoms with Gasteiger partial charge in [0.2, 0.25) is 5.95 Å². The molecule has 1 aromatic carbocycles. The number of ether oxygens (including phenoxy) is 1. The fourth-order valence-corrected chi connectivity index (χ4v) is 2.57. The van der Waals surface area contributed by atoms with Gasteiger partial charge in [-0.2, -0.15) is 0 Å². The summed E-state index contributed by atoms with van der Waals surface area (Å²) >= 11 is 12.5.